The molecule has 0 saturated carbocycles. The van der Waals surface area contributed by atoms with E-state index in [1.165, 1.54) is 24.1 Å². The lowest BCUT2D eigenvalue weighted by molar-refractivity contribution is -0.389. The first-order valence-electron chi connectivity index (χ1n) is 9.42. The number of para-hydroxylation sites is 1. The Balaban J connectivity index is 1.67. The summed E-state index contributed by atoms with van der Waals surface area (Å²) in [6.45, 7) is 1.74. The van der Waals surface area contributed by atoms with Crippen LogP contribution in [-0.4, -0.2) is 33.9 Å². The number of rotatable bonds is 9. The molecule has 0 unspecified atom stereocenters. The molecule has 10 nitrogen and oxygen atoms in total. The monoisotopic (exact) mass is 501 g/mol. The van der Waals surface area contributed by atoms with Gasteiger partial charge in [-0.2, -0.15) is 9.78 Å². The number of benzene rings is 2. The maximum Gasteiger partial charge on any atom is 0.390 e. The fourth-order valence-corrected chi connectivity index (χ4v) is 3.04. The summed E-state index contributed by atoms with van der Waals surface area (Å²) in [6, 6.07) is 14.3. The molecule has 0 spiro atoms. The van der Waals surface area contributed by atoms with Crippen molar-refractivity contribution in [1.82, 2.24) is 15.2 Å². The maximum absolute atomic E-state index is 12.2. The van der Waals surface area contributed by atoms with Crippen molar-refractivity contribution in [1.29, 1.82) is 0 Å². The minimum atomic E-state index is -0.613. The van der Waals surface area contributed by atoms with Crippen molar-refractivity contribution in [3.05, 3.63) is 79.9 Å². The fraction of sp³-hybridized carbons (Fsp3) is 0.190. The third-order valence-electron chi connectivity index (χ3n) is 4.37. The number of nitrogens with zero attached hydrogens (tertiary/aromatic N) is 4. The molecule has 1 amide bonds. The number of methoxy groups -OCH3 is 1. The Morgan fingerprint density at radius 2 is 2.06 bits per heavy atom. The number of aromatic nitrogens is 2. The minimum Gasteiger partial charge on any atom is -0.493 e. The lowest BCUT2D eigenvalue weighted by Crippen LogP contribution is -2.24. The lowest BCUT2D eigenvalue weighted by atomic mass is 10.2. The van der Waals surface area contributed by atoms with Crippen LogP contribution in [0, 0.1) is 17.0 Å². The summed E-state index contributed by atoms with van der Waals surface area (Å²) >= 11 is 3.40. The van der Waals surface area contributed by atoms with E-state index in [0.717, 1.165) is 10.0 Å². The molecule has 1 aromatic heterocycles. The third kappa shape index (κ3) is 5.91. The second kappa shape index (κ2) is 10.5. The van der Waals surface area contributed by atoms with E-state index in [1.807, 2.05) is 24.3 Å². The van der Waals surface area contributed by atoms with Crippen LogP contribution in [0.3, 0.4) is 0 Å². The molecular weight excluding hydrogens is 482 g/mol. The van der Waals surface area contributed by atoms with Crippen LogP contribution in [0.4, 0.5) is 5.82 Å². The largest absolute Gasteiger partial charge is 0.493 e. The molecule has 0 fully saturated rings. The van der Waals surface area contributed by atoms with Gasteiger partial charge in [0.25, 0.3) is 5.91 Å². The van der Waals surface area contributed by atoms with Gasteiger partial charge in [-0.15, -0.1) is 0 Å². The van der Waals surface area contributed by atoms with E-state index in [1.54, 1.807) is 25.1 Å². The summed E-state index contributed by atoms with van der Waals surface area (Å²) in [5.74, 6) is 0.205. The number of nitro groups is 1. The van der Waals surface area contributed by atoms with Crippen molar-refractivity contribution in [2.45, 2.75) is 20.1 Å². The Kier molecular flexibility index (Phi) is 7.55. The maximum atomic E-state index is 12.2. The molecule has 0 radical (unpaired) electrons. The van der Waals surface area contributed by atoms with Crippen LogP contribution in [0.5, 0.6) is 11.5 Å². The topological polar surface area (TPSA) is 121 Å². The number of carbonyl (C=O) groups is 1. The summed E-state index contributed by atoms with van der Waals surface area (Å²) in [6.07, 6.45) is 1.44. The van der Waals surface area contributed by atoms with Crippen LogP contribution >= 0.6 is 15.9 Å². The summed E-state index contributed by atoms with van der Waals surface area (Å²) in [4.78, 5) is 22.4. The van der Waals surface area contributed by atoms with Gasteiger partial charge in [-0.1, -0.05) is 34.1 Å². The van der Waals surface area contributed by atoms with Gasteiger partial charge in [0, 0.05) is 10.0 Å². The van der Waals surface area contributed by atoms with Gasteiger partial charge in [0.15, 0.2) is 11.5 Å². The lowest BCUT2D eigenvalue weighted by Gasteiger charge is -2.13. The standard InChI is InChI=1S/C21H20BrN5O5/c1-14-10-19(27(29)30)25-26(14)12-20(28)24-23-11-16-4-3-5-18(31-2)21(16)32-13-15-6-8-17(22)9-7-15/h3-11H,12-13H2,1-2H3,(H,24,28)/b23-11+. The van der Waals surface area contributed by atoms with Crippen molar-refractivity contribution < 1.29 is 19.2 Å². The third-order valence-corrected chi connectivity index (χ3v) is 4.90. The predicted molar refractivity (Wildman–Crippen MR) is 121 cm³/mol. The van der Waals surface area contributed by atoms with E-state index in [0.29, 0.717) is 29.4 Å². The molecule has 0 aliphatic carbocycles. The first kappa shape index (κ1) is 22.9. The number of carbonyl (C=O) groups excluding carboxylic acids is 1. The Hall–Kier alpha value is -3.73. The highest BCUT2D eigenvalue weighted by Gasteiger charge is 2.17. The highest BCUT2D eigenvalue weighted by molar-refractivity contribution is 9.10. The number of aryl methyl sites for hydroxylation is 1. The van der Waals surface area contributed by atoms with E-state index in [4.69, 9.17) is 9.47 Å². The second-order valence-corrected chi connectivity index (χ2v) is 7.56. The van der Waals surface area contributed by atoms with Gasteiger partial charge in [-0.3, -0.25) is 4.79 Å². The number of hydrogen-bond donors (Lipinski definition) is 1. The number of hydrazone groups is 1. The van der Waals surface area contributed by atoms with E-state index in [2.05, 4.69) is 31.6 Å². The van der Waals surface area contributed by atoms with Gasteiger partial charge < -0.3 is 19.6 Å². The zero-order chi connectivity index (χ0) is 23.1. The Bertz CT molecular complexity index is 1140. The Morgan fingerprint density at radius 1 is 1.31 bits per heavy atom. The van der Waals surface area contributed by atoms with Gasteiger partial charge in [0.2, 0.25) is 0 Å². The van der Waals surface area contributed by atoms with E-state index < -0.39 is 10.8 Å². The fourth-order valence-electron chi connectivity index (χ4n) is 2.77. The van der Waals surface area contributed by atoms with Crippen molar-refractivity contribution in [3.8, 4) is 11.5 Å². The molecule has 2 aromatic carbocycles. The number of halogens is 1. The molecule has 166 valence electrons. The predicted octanol–water partition coefficient (Wildman–Crippen LogP) is 3.60. The van der Waals surface area contributed by atoms with Crippen LogP contribution in [-0.2, 0) is 17.9 Å². The molecule has 11 heteroatoms. The SMILES string of the molecule is COc1cccc(/C=N/NC(=O)Cn2nc([N+](=O)[O-])cc2C)c1OCc1ccc(Br)cc1. The van der Waals surface area contributed by atoms with Gasteiger partial charge in [-0.05, 0) is 41.7 Å². The smallest absolute Gasteiger partial charge is 0.390 e. The zero-order valence-electron chi connectivity index (χ0n) is 17.3. The average molecular weight is 502 g/mol. The molecule has 1 heterocycles. The molecule has 3 aromatic rings. The summed E-state index contributed by atoms with van der Waals surface area (Å²) in [5.41, 5.74) is 4.46. The van der Waals surface area contributed by atoms with Crippen molar-refractivity contribution in [3.63, 3.8) is 0 Å². The first-order chi connectivity index (χ1) is 15.4. The van der Waals surface area contributed by atoms with Crippen LogP contribution < -0.4 is 14.9 Å². The Morgan fingerprint density at radius 3 is 2.72 bits per heavy atom. The molecule has 0 aliphatic heterocycles. The van der Waals surface area contributed by atoms with Gasteiger partial charge in [-0.25, -0.2) is 5.43 Å². The zero-order valence-corrected chi connectivity index (χ0v) is 18.9. The summed E-state index contributed by atoms with van der Waals surface area (Å²) in [5, 5.41) is 18.6. The van der Waals surface area contributed by atoms with Crippen LogP contribution in [0.1, 0.15) is 16.8 Å². The van der Waals surface area contributed by atoms with E-state index in [9.17, 15) is 14.9 Å². The Labute approximate surface area is 192 Å². The number of ether oxygens (including phenoxy) is 2. The van der Waals surface area contributed by atoms with Crippen LogP contribution in [0.25, 0.3) is 0 Å². The summed E-state index contributed by atoms with van der Waals surface area (Å²) < 4.78 is 13.6. The van der Waals surface area contributed by atoms with E-state index >= 15 is 0 Å². The van der Waals surface area contributed by atoms with Crippen LogP contribution in [0.2, 0.25) is 0 Å². The normalized spacial score (nSPS) is 10.8. The second-order valence-electron chi connectivity index (χ2n) is 6.65. The molecular formula is C21H20BrN5O5. The highest BCUT2D eigenvalue weighted by Crippen LogP contribution is 2.31. The molecule has 0 aliphatic rings. The number of nitrogens with one attached hydrogen (secondary N) is 1. The first-order valence-corrected chi connectivity index (χ1v) is 10.2. The van der Waals surface area contributed by atoms with Crippen LogP contribution in [0.15, 0.2) is 58.1 Å². The highest BCUT2D eigenvalue weighted by atomic mass is 79.9. The van der Waals surface area contributed by atoms with Gasteiger partial charge in [0.05, 0.1) is 30.2 Å². The van der Waals surface area contributed by atoms with Crippen molar-refractivity contribution in [2.75, 3.05) is 7.11 Å². The summed E-state index contributed by atoms with van der Waals surface area (Å²) in [7, 11) is 1.54. The van der Waals surface area contributed by atoms with E-state index in [-0.39, 0.29) is 12.4 Å². The molecule has 3 rings (SSSR count). The molecule has 32 heavy (non-hydrogen) atoms. The quantitative estimate of drug-likeness (QED) is 0.271. The van der Waals surface area contributed by atoms with Crippen molar-refractivity contribution >= 4 is 33.9 Å². The molecule has 0 saturated heterocycles. The van der Waals surface area contributed by atoms with Gasteiger partial charge >= 0.3 is 5.82 Å². The molecule has 1 N–H and O–H groups in total. The average Bonchev–Trinajstić information content (AvgIpc) is 3.14. The number of hydrogen-bond acceptors (Lipinski definition) is 7. The van der Waals surface area contributed by atoms with Gasteiger partial charge in [0.1, 0.15) is 13.2 Å². The number of amides is 1. The molecule has 0 bridgehead atoms. The minimum absolute atomic E-state index is 0.206. The molecule has 0 atom stereocenters. The van der Waals surface area contributed by atoms with Crippen molar-refractivity contribution in [2.24, 2.45) is 5.10 Å².